The molecule has 1 aliphatic rings. The summed E-state index contributed by atoms with van der Waals surface area (Å²) in [7, 11) is 1.98. The van der Waals surface area contributed by atoms with Crippen LogP contribution >= 0.6 is 0 Å². The molecule has 2 rings (SSSR count). The van der Waals surface area contributed by atoms with Gasteiger partial charge < -0.3 is 20.1 Å². The number of aryl methyl sites for hydroxylation is 1. The molecule has 2 N–H and O–H groups in total. The molecule has 0 spiro atoms. The summed E-state index contributed by atoms with van der Waals surface area (Å²) in [4.78, 5) is 2.43. The van der Waals surface area contributed by atoms with Gasteiger partial charge in [-0.05, 0) is 50.1 Å². The van der Waals surface area contributed by atoms with E-state index in [2.05, 4.69) is 35.3 Å². The molecule has 4 heteroatoms. The topological polar surface area (TPSA) is 44.7 Å². The van der Waals surface area contributed by atoms with Gasteiger partial charge in [0.2, 0.25) is 0 Å². The first kappa shape index (κ1) is 15.3. The molecule has 0 saturated carbocycles. The Kier molecular flexibility index (Phi) is 5.83. The number of rotatable bonds is 6. The van der Waals surface area contributed by atoms with Gasteiger partial charge in [0.25, 0.3) is 0 Å². The number of aliphatic hydroxyl groups excluding tert-OH is 1. The molecule has 0 radical (unpaired) electrons. The van der Waals surface area contributed by atoms with Crippen LogP contribution in [0.1, 0.15) is 24.0 Å². The van der Waals surface area contributed by atoms with Crippen molar-refractivity contribution in [1.82, 2.24) is 5.32 Å². The molecule has 0 bridgehead atoms. The molecular weight excluding hydrogens is 252 g/mol. The molecule has 4 nitrogen and oxygen atoms in total. The zero-order valence-electron chi connectivity index (χ0n) is 12.6. The van der Waals surface area contributed by atoms with E-state index in [9.17, 15) is 0 Å². The number of nitrogens with one attached hydrogen (secondary N) is 1. The van der Waals surface area contributed by atoms with E-state index < -0.39 is 0 Å². The van der Waals surface area contributed by atoms with Crippen LogP contribution in [0.15, 0.2) is 18.2 Å². The lowest BCUT2D eigenvalue weighted by Gasteiger charge is -2.33. The van der Waals surface area contributed by atoms with E-state index in [0.29, 0.717) is 12.7 Å². The van der Waals surface area contributed by atoms with E-state index in [1.807, 2.05) is 7.05 Å². The lowest BCUT2D eigenvalue weighted by molar-refractivity contribution is 0.0159. The first-order chi connectivity index (χ1) is 9.74. The number of nitrogens with zero attached hydrogens (tertiary/aromatic N) is 1. The third kappa shape index (κ3) is 3.95. The van der Waals surface area contributed by atoms with Gasteiger partial charge in [-0.25, -0.2) is 0 Å². The quantitative estimate of drug-likeness (QED) is 0.831. The van der Waals surface area contributed by atoms with Crippen LogP contribution in [0.4, 0.5) is 5.69 Å². The number of anilines is 1. The molecule has 1 aliphatic heterocycles. The molecule has 1 fully saturated rings. The number of aliphatic hydroxyl groups is 1. The number of ether oxygens (including phenoxy) is 1. The Balaban J connectivity index is 1.91. The summed E-state index contributed by atoms with van der Waals surface area (Å²) >= 11 is 0. The predicted octanol–water partition coefficient (Wildman–Crippen LogP) is 1.69. The van der Waals surface area contributed by atoms with Crippen LogP contribution in [-0.2, 0) is 11.3 Å². The summed E-state index contributed by atoms with van der Waals surface area (Å²) in [6.07, 6.45) is 2.39. The van der Waals surface area contributed by atoms with Crippen LogP contribution in [0.5, 0.6) is 0 Å². The van der Waals surface area contributed by atoms with Crippen LogP contribution in [0.2, 0.25) is 0 Å². The smallest absolute Gasteiger partial charge is 0.0701 e. The monoisotopic (exact) mass is 278 g/mol. The van der Waals surface area contributed by atoms with Crippen molar-refractivity contribution < 1.29 is 9.84 Å². The molecular formula is C16H26N2O2. The highest BCUT2D eigenvalue weighted by Gasteiger charge is 2.19. The van der Waals surface area contributed by atoms with E-state index >= 15 is 0 Å². The zero-order chi connectivity index (χ0) is 14.4. The zero-order valence-corrected chi connectivity index (χ0v) is 12.6. The average Bonchev–Trinajstić information content (AvgIpc) is 2.48. The Morgan fingerprint density at radius 2 is 2.10 bits per heavy atom. The summed E-state index contributed by atoms with van der Waals surface area (Å²) in [5, 5.41) is 12.0. The van der Waals surface area contributed by atoms with Gasteiger partial charge in [0.1, 0.15) is 0 Å². The lowest BCUT2D eigenvalue weighted by Crippen LogP contribution is -2.37. The number of benzene rings is 1. The molecule has 112 valence electrons. The van der Waals surface area contributed by atoms with E-state index in [4.69, 9.17) is 9.84 Å². The summed E-state index contributed by atoms with van der Waals surface area (Å²) in [6, 6.07) is 6.71. The molecule has 0 unspecified atom stereocenters. The summed E-state index contributed by atoms with van der Waals surface area (Å²) in [5.74, 6) is 0. The van der Waals surface area contributed by atoms with Gasteiger partial charge in [-0.3, -0.25) is 0 Å². The second-order valence-electron chi connectivity index (χ2n) is 5.42. The Bertz CT molecular complexity index is 415. The van der Waals surface area contributed by atoms with Crippen LogP contribution in [0.25, 0.3) is 0 Å². The largest absolute Gasteiger partial charge is 0.394 e. The molecule has 0 amide bonds. The Hall–Kier alpha value is -1.10. The molecule has 0 aromatic heterocycles. The SMILES string of the molecule is CNCc1ccc(N2CCC(OCCO)CC2)cc1C. The van der Waals surface area contributed by atoms with Gasteiger partial charge in [0.15, 0.2) is 0 Å². The van der Waals surface area contributed by atoms with Crippen molar-refractivity contribution in [3.8, 4) is 0 Å². The fourth-order valence-electron chi connectivity index (χ4n) is 2.77. The molecule has 0 atom stereocenters. The minimum absolute atomic E-state index is 0.117. The predicted molar refractivity (Wildman–Crippen MR) is 82.2 cm³/mol. The van der Waals surface area contributed by atoms with E-state index in [1.54, 1.807) is 0 Å². The molecule has 20 heavy (non-hydrogen) atoms. The minimum Gasteiger partial charge on any atom is -0.394 e. The van der Waals surface area contributed by atoms with Crippen molar-refractivity contribution in [3.63, 3.8) is 0 Å². The van der Waals surface area contributed by atoms with Crippen molar-refractivity contribution in [2.24, 2.45) is 0 Å². The van der Waals surface area contributed by atoms with Crippen molar-refractivity contribution in [2.45, 2.75) is 32.4 Å². The van der Waals surface area contributed by atoms with Crippen LogP contribution in [0.3, 0.4) is 0 Å². The molecule has 1 aromatic carbocycles. The molecule has 1 saturated heterocycles. The highest BCUT2D eigenvalue weighted by Crippen LogP contribution is 2.24. The van der Waals surface area contributed by atoms with Gasteiger partial charge >= 0.3 is 0 Å². The van der Waals surface area contributed by atoms with Gasteiger partial charge in [-0.1, -0.05) is 6.07 Å². The highest BCUT2D eigenvalue weighted by atomic mass is 16.5. The van der Waals surface area contributed by atoms with E-state index in [-0.39, 0.29) is 6.61 Å². The Labute approximate surface area is 121 Å². The van der Waals surface area contributed by atoms with Crippen LogP contribution in [-0.4, -0.2) is 44.6 Å². The number of piperidine rings is 1. The van der Waals surface area contributed by atoms with Gasteiger partial charge in [0, 0.05) is 25.3 Å². The maximum atomic E-state index is 8.79. The first-order valence-electron chi connectivity index (χ1n) is 7.46. The van der Waals surface area contributed by atoms with E-state index in [1.165, 1.54) is 16.8 Å². The van der Waals surface area contributed by atoms with Crippen LogP contribution < -0.4 is 10.2 Å². The van der Waals surface area contributed by atoms with Crippen molar-refractivity contribution in [2.75, 3.05) is 38.3 Å². The summed E-state index contributed by atoms with van der Waals surface area (Å²) < 4.78 is 5.61. The third-order valence-corrected chi connectivity index (χ3v) is 3.95. The fourth-order valence-corrected chi connectivity index (χ4v) is 2.77. The highest BCUT2D eigenvalue weighted by molar-refractivity contribution is 5.51. The number of hydrogen-bond acceptors (Lipinski definition) is 4. The molecule has 1 heterocycles. The summed E-state index contributed by atoms with van der Waals surface area (Å²) in [6.45, 7) is 5.73. The van der Waals surface area contributed by atoms with Gasteiger partial charge in [0.05, 0.1) is 19.3 Å². The van der Waals surface area contributed by atoms with E-state index in [0.717, 1.165) is 32.5 Å². The molecule has 1 aromatic rings. The molecule has 0 aliphatic carbocycles. The number of hydrogen-bond donors (Lipinski definition) is 2. The maximum Gasteiger partial charge on any atom is 0.0701 e. The Morgan fingerprint density at radius 1 is 1.35 bits per heavy atom. The normalized spacial score (nSPS) is 16.6. The van der Waals surface area contributed by atoms with Gasteiger partial charge in [-0.2, -0.15) is 0 Å². The summed E-state index contributed by atoms with van der Waals surface area (Å²) in [5.41, 5.74) is 4.01. The fraction of sp³-hybridized carbons (Fsp3) is 0.625. The van der Waals surface area contributed by atoms with Gasteiger partial charge in [-0.15, -0.1) is 0 Å². The average molecular weight is 278 g/mol. The van der Waals surface area contributed by atoms with Crippen molar-refractivity contribution >= 4 is 5.69 Å². The second-order valence-corrected chi connectivity index (χ2v) is 5.42. The second kappa shape index (κ2) is 7.62. The van der Waals surface area contributed by atoms with Crippen LogP contribution in [0, 0.1) is 6.92 Å². The standard InChI is InChI=1S/C16H26N2O2/c1-13-11-15(4-3-14(13)12-17-2)18-7-5-16(6-8-18)20-10-9-19/h3-4,11,16-17,19H,5-10,12H2,1-2H3. The maximum absolute atomic E-state index is 8.79. The minimum atomic E-state index is 0.117. The van der Waals surface area contributed by atoms with Crippen molar-refractivity contribution in [1.29, 1.82) is 0 Å². The van der Waals surface area contributed by atoms with Crippen molar-refractivity contribution in [3.05, 3.63) is 29.3 Å². The third-order valence-electron chi connectivity index (χ3n) is 3.95. The first-order valence-corrected chi connectivity index (χ1v) is 7.46. The lowest BCUT2D eigenvalue weighted by atomic mass is 10.0. The Morgan fingerprint density at radius 3 is 2.70 bits per heavy atom.